The lowest BCUT2D eigenvalue weighted by atomic mass is 10.1. The average molecular weight is 499 g/mol. The second-order valence-corrected chi connectivity index (χ2v) is 5.75. The van der Waals surface area contributed by atoms with E-state index in [0.717, 1.165) is 31.6 Å². The summed E-state index contributed by atoms with van der Waals surface area (Å²) >= 11 is 0. The summed E-state index contributed by atoms with van der Waals surface area (Å²) in [5, 5.41) is 6.22. The molecule has 0 saturated carbocycles. The Balaban J connectivity index is 0.00000676. The van der Waals surface area contributed by atoms with Gasteiger partial charge in [0.1, 0.15) is 11.6 Å². The molecule has 0 bridgehead atoms. The molecule has 0 aliphatic carbocycles. The summed E-state index contributed by atoms with van der Waals surface area (Å²) < 4.78 is 37.6. The molecule has 27 heavy (non-hydrogen) atoms. The van der Waals surface area contributed by atoms with E-state index in [0.29, 0.717) is 57.4 Å². The van der Waals surface area contributed by atoms with E-state index in [4.69, 9.17) is 9.47 Å². The molecule has 0 heterocycles. The first-order valence-electron chi connectivity index (χ1n) is 9.29. The summed E-state index contributed by atoms with van der Waals surface area (Å²) in [6.45, 7) is 8.22. The second kappa shape index (κ2) is 17.1. The zero-order valence-corrected chi connectivity index (χ0v) is 18.6. The van der Waals surface area contributed by atoms with Crippen LogP contribution in [0.5, 0.6) is 0 Å². The molecule has 1 rings (SSSR count). The van der Waals surface area contributed by atoms with Gasteiger partial charge in [-0.05, 0) is 43.5 Å². The Kier molecular flexibility index (Phi) is 16.5. The van der Waals surface area contributed by atoms with Gasteiger partial charge in [-0.15, -0.1) is 24.0 Å². The van der Waals surface area contributed by atoms with Crippen LogP contribution in [0.1, 0.15) is 32.3 Å². The topological polar surface area (TPSA) is 54.9 Å². The number of hydrogen-bond donors (Lipinski definition) is 2. The highest BCUT2D eigenvalue weighted by atomic mass is 127. The predicted molar refractivity (Wildman–Crippen MR) is 116 cm³/mol. The van der Waals surface area contributed by atoms with E-state index in [2.05, 4.69) is 22.5 Å². The molecule has 156 valence electrons. The minimum Gasteiger partial charge on any atom is -0.379 e. The fraction of sp³-hybridized carbons (Fsp3) is 0.632. The molecule has 0 unspecified atom stereocenters. The molecule has 5 nitrogen and oxygen atoms in total. The first kappa shape index (κ1) is 26.0. The quantitative estimate of drug-likeness (QED) is 0.189. The van der Waals surface area contributed by atoms with Gasteiger partial charge in [-0.1, -0.05) is 13.3 Å². The van der Waals surface area contributed by atoms with E-state index in [1.54, 1.807) is 0 Å². The minimum absolute atomic E-state index is 0. The van der Waals surface area contributed by atoms with Gasteiger partial charge in [-0.3, -0.25) is 4.99 Å². The van der Waals surface area contributed by atoms with Crippen LogP contribution >= 0.6 is 24.0 Å². The number of halogens is 3. The molecule has 2 N–H and O–H groups in total. The van der Waals surface area contributed by atoms with Gasteiger partial charge in [-0.25, -0.2) is 8.78 Å². The normalized spacial score (nSPS) is 11.2. The fourth-order valence-corrected chi connectivity index (χ4v) is 2.18. The van der Waals surface area contributed by atoms with E-state index in [-0.39, 0.29) is 24.0 Å². The molecule has 0 atom stereocenters. The van der Waals surface area contributed by atoms with Crippen LogP contribution < -0.4 is 10.6 Å². The first-order chi connectivity index (χ1) is 12.7. The van der Waals surface area contributed by atoms with Crippen molar-refractivity contribution in [3.8, 4) is 0 Å². The summed E-state index contributed by atoms with van der Waals surface area (Å²) in [5.41, 5.74) is 0.347. The third kappa shape index (κ3) is 12.9. The van der Waals surface area contributed by atoms with Gasteiger partial charge in [0.2, 0.25) is 0 Å². The average Bonchev–Trinajstić information content (AvgIpc) is 2.63. The summed E-state index contributed by atoms with van der Waals surface area (Å²) in [6.07, 6.45) is 2.57. The zero-order valence-electron chi connectivity index (χ0n) is 16.2. The number of aliphatic imine (C=N–C) groups is 1. The lowest BCUT2D eigenvalue weighted by Gasteiger charge is -2.12. The van der Waals surface area contributed by atoms with Gasteiger partial charge < -0.3 is 20.1 Å². The van der Waals surface area contributed by atoms with E-state index in [9.17, 15) is 8.78 Å². The Hall–Kier alpha value is -1.00. The minimum atomic E-state index is -0.433. The van der Waals surface area contributed by atoms with Crippen molar-refractivity contribution in [3.63, 3.8) is 0 Å². The van der Waals surface area contributed by atoms with E-state index < -0.39 is 11.6 Å². The Morgan fingerprint density at radius 1 is 1.04 bits per heavy atom. The number of guanidine groups is 1. The highest BCUT2D eigenvalue weighted by molar-refractivity contribution is 14.0. The van der Waals surface area contributed by atoms with Crippen molar-refractivity contribution in [2.75, 3.05) is 46.1 Å². The molecule has 0 aliphatic heterocycles. The van der Waals surface area contributed by atoms with Crippen LogP contribution in [-0.2, 0) is 15.9 Å². The fourth-order valence-electron chi connectivity index (χ4n) is 2.18. The summed E-state index contributed by atoms with van der Waals surface area (Å²) in [7, 11) is 0. The molecule has 0 saturated heterocycles. The van der Waals surface area contributed by atoms with Crippen molar-refractivity contribution < 1.29 is 18.3 Å². The van der Waals surface area contributed by atoms with Crippen LogP contribution in [0.15, 0.2) is 23.2 Å². The second-order valence-electron chi connectivity index (χ2n) is 5.75. The zero-order chi connectivity index (χ0) is 19.0. The number of hydrogen-bond acceptors (Lipinski definition) is 3. The number of rotatable bonds is 13. The Bertz CT molecular complexity index is 534. The van der Waals surface area contributed by atoms with Gasteiger partial charge >= 0.3 is 0 Å². The van der Waals surface area contributed by atoms with Crippen molar-refractivity contribution in [1.82, 2.24) is 10.6 Å². The highest BCUT2D eigenvalue weighted by Crippen LogP contribution is 2.09. The van der Waals surface area contributed by atoms with Crippen molar-refractivity contribution in [2.45, 2.75) is 33.1 Å². The summed E-state index contributed by atoms with van der Waals surface area (Å²) in [4.78, 5) is 4.39. The predicted octanol–water partition coefficient (Wildman–Crippen LogP) is 3.51. The maximum Gasteiger partial charge on any atom is 0.191 e. The smallest absolute Gasteiger partial charge is 0.191 e. The number of nitrogens with zero attached hydrogens (tertiary/aromatic N) is 1. The Morgan fingerprint density at radius 2 is 1.78 bits per heavy atom. The van der Waals surface area contributed by atoms with Crippen LogP contribution in [0.4, 0.5) is 8.78 Å². The van der Waals surface area contributed by atoms with Crippen molar-refractivity contribution in [1.29, 1.82) is 0 Å². The van der Waals surface area contributed by atoms with Crippen LogP contribution in [0.25, 0.3) is 0 Å². The first-order valence-corrected chi connectivity index (χ1v) is 9.29. The molecular weight excluding hydrogens is 467 g/mol. The van der Waals surface area contributed by atoms with Crippen molar-refractivity contribution >= 4 is 29.9 Å². The van der Waals surface area contributed by atoms with Gasteiger partial charge in [0, 0.05) is 19.7 Å². The lowest BCUT2D eigenvalue weighted by Crippen LogP contribution is -2.38. The summed E-state index contributed by atoms with van der Waals surface area (Å²) in [5.74, 6) is -0.199. The van der Waals surface area contributed by atoms with Crippen molar-refractivity contribution in [2.24, 2.45) is 4.99 Å². The van der Waals surface area contributed by atoms with Gasteiger partial charge in [-0.2, -0.15) is 0 Å². The summed E-state index contributed by atoms with van der Waals surface area (Å²) in [6, 6.07) is 3.48. The molecule has 1 aromatic carbocycles. The number of ether oxygens (including phenoxy) is 2. The number of unbranched alkanes of at least 4 members (excludes halogenated alkanes) is 1. The van der Waals surface area contributed by atoms with Gasteiger partial charge in [0.15, 0.2) is 5.96 Å². The van der Waals surface area contributed by atoms with Crippen LogP contribution in [0.2, 0.25) is 0 Å². The largest absolute Gasteiger partial charge is 0.379 e. The maximum absolute atomic E-state index is 13.6. The maximum atomic E-state index is 13.6. The lowest BCUT2D eigenvalue weighted by molar-refractivity contribution is 0.0497. The molecule has 0 fully saturated rings. The third-order valence-electron chi connectivity index (χ3n) is 3.56. The van der Waals surface area contributed by atoms with Crippen LogP contribution in [-0.4, -0.2) is 52.0 Å². The third-order valence-corrected chi connectivity index (χ3v) is 3.56. The van der Waals surface area contributed by atoms with Gasteiger partial charge in [0.25, 0.3) is 0 Å². The standard InChI is InChI=1S/C19H31F2N3O2.HI/c1-3-5-11-25-13-14-26-12-10-24-19(22-4-2)23-9-8-16-15-17(20)6-7-18(16)21;/h6-7,15H,3-5,8-14H2,1-2H3,(H2,22,23,24);1H. The molecule has 0 aromatic heterocycles. The highest BCUT2D eigenvalue weighted by Gasteiger charge is 2.04. The van der Waals surface area contributed by atoms with Crippen LogP contribution in [0, 0.1) is 11.6 Å². The molecule has 8 heteroatoms. The SMILES string of the molecule is CCCCOCCOCCN=C(NCC)NCCc1cc(F)ccc1F.I. The monoisotopic (exact) mass is 499 g/mol. The van der Waals surface area contributed by atoms with Crippen molar-refractivity contribution in [3.05, 3.63) is 35.4 Å². The van der Waals surface area contributed by atoms with Gasteiger partial charge in [0.05, 0.1) is 26.4 Å². The van der Waals surface area contributed by atoms with E-state index >= 15 is 0 Å². The molecule has 0 amide bonds. The molecule has 0 aliphatic rings. The number of benzene rings is 1. The molecule has 1 aromatic rings. The van der Waals surface area contributed by atoms with E-state index in [1.807, 2.05) is 6.92 Å². The Morgan fingerprint density at radius 3 is 2.48 bits per heavy atom. The van der Waals surface area contributed by atoms with Crippen LogP contribution in [0.3, 0.4) is 0 Å². The van der Waals surface area contributed by atoms with E-state index in [1.165, 1.54) is 6.07 Å². The molecule has 0 spiro atoms. The molecular formula is C19H32F2IN3O2. The number of nitrogens with one attached hydrogen (secondary N) is 2. The Labute approximate surface area is 178 Å². The molecule has 0 radical (unpaired) electrons.